The zero-order valence-electron chi connectivity index (χ0n) is 18.3. The summed E-state index contributed by atoms with van der Waals surface area (Å²) in [6.07, 6.45) is 1.71. The molecule has 0 radical (unpaired) electrons. The molecule has 0 spiro atoms. The molecule has 0 aromatic heterocycles. The number of ether oxygens (including phenoxy) is 2. The summed E-state index contributed by atoms with van der Waals surface area (Å²) >= 11 is 0. The lowest BCUT2D eigenvalue weighted by molar-refractivity contribution is -0.126. The van der Waals surface area contributed by atoms with Gasteiger partial charge in [-0.2, -0.15) is 5.10 Å². The van der Waals surface area contributed by atoms with Crippen LogP contribution < -0.4 is 19.8 Å². The van der Waals surface area contributed by atoms with Crippen LogP contribution in [0.25, 0.3) is 0 Å². The van der Waals surface area contributed by atoms with Crippen LogP contribution in [-0.4, -0.2) is 31.7 Å². The second-order valence-corrected chi connectivity index (χ2v) is 7.68. The molecule has 0 saturated carbocycles. The number of benzene rings is 3. The lowest BCUT2D eigenvalue weighted by Crippen LogP contribution is -2.30. The van der Waals surface area contributed by atoms with Crippen molar-refractivity contribution in [2.24, 2.45) is 11.0 Å². The van der Waals surface area contributed by atoms with Crippen LogP contribution in [-0.2, 0) is 16.2 Å². The Morgan fingerprint density at radius 3 is 2.61 bits per heavy atom. The largest absolute Gasteiger partial charge is 0.497 e. The van der Waals surface area contributed by atoms with Gasteiger partial charge in [0.25, 0.3) is 0 Å². The highest BCUT2D eigenvalue weighted by atomic mass is 16.5. The lowest BCUT2D eigenvalue weighted by atomic mass is 10.1. The third-order valence-electron chi connectivity index (χ3n) is 5.37. The summed E-state index contributed by atoms with van der Waals surface area (Å²) in [6, 6.07) is 24.6. The summed E-state index contributed by atoms with van der Waals surface area (Å²) in [5.41, 5.74) is 5.17. The summed E-state index contributed by atoms with van der Waals surface area (Å²) in [5.74, 6) is 0.589. The van der Waals surface area contributed by atoms with Crippen molar-refractivity contribution in [1.82, 2.24) is 5.43 Å². The monoisotopic (exact) mass is 443 g/mol. The Morgan fingerprint density at radius 1 is 1.06 bits per heavy atom. The lowest BCUT2D eigenvalue weighted by Gasteiger charge is -2.16. The Bertz CT molecular complexity index is 1130. The molecule has 4 rings (SSSR count). The predicted octanol–water partition coefficient (Wildman–Crippen LogP) is 3.78. The molecule has 3 aromatic carbocycles. The number of methoxy groups -OCH3 is 1. The number of nitrogens with one attached hydrogen (secondary N) is 1. The second kappa shape index (κ2) is 10.5. The van der Waals surface area contributed by atoms with Gasteiger partial charge in [0.2, 0.25) is 11.8 Å². The Labute approximate surface area is 192 Å². The van der Waals surface area contributed by atoms with Gasteiger partial charge in [0.15, 0.2) is 0 Å². The SMILES string of the molecule is COc1ccc(N2C[C@H](C(=O)N/N=C/c3cccc(OCc4ccccc4)c3)CC2=O)cc1. The molecule has 1 aliphatic heterocycles. The Balaban J connectivity index is 1.30. The van der Waals surface area contributed by atoms with Gasteiger partial charge >= 0.3 is 0 Å². The molecule has 168 valence electrons. The summed E-state index contributed by atoms with van der Waals surface area (Å²) in [4.78, 5) is 26.6. The number of rotatable bonds is 8. The fourth-order valence-corrected chi connectivity index (χ4v) is 3.58. The van der Waals surface area contributed by atoms with Crippen molar-refractivity contribution in [3.63, 3.8) is 0 Å². The minimum atomic E-state index is -0.461. The van der Waals surface area contributed by atoms with Gasteiger partial charge in [-0.15, -0.1) is 0 Å². The van der Waals surface area contributed by atoms with Gasteiger partial charge in [0, 0.05) is 18.7 Å². The summed E-state index contributed by atoms with van der Waals surface area (Å²) in [6.45, 7) is 0.786. The zero-order valence-corrected chi connectivity index (χ0v) is 18.3. The minimum Gasteiger partial charge on any atom is -0.497 e. The Morgan fingerprint density at radius 2 is 1.85 bits per heavy atom. The Hall–Kier alpha value is -4.13. The summed E-state index contributed by atoms with van der Waals surface area (Å²) in [5, 5.41) is 4.06. The average molecular weight is 444 g/mol. The van der Waals surface area contributed by atoms with Gasteiger partial charge in [0.05, 0.1) is 19.2 Å². The van der Waals surface area contributed by atoms with Crippen molar-refractivity contribution in [1.29, 1.82) is 0 Å². The van der Waals surface area contributed by atoms with E-state index in [0.717, 1.165) is 16.8 Å². The fraction of sp³-hybridized carbons (Fsp3) is 0.192. The number of nitrogens with zero attached hydrogens (tertiary/aromatic N) is 2. The molecule has 0 aliphatic carbocycles. The molecule has 3 aromatic rings. The highest BCUT2D eigenvalue weighted by Crippen LogP contribution is 2.27. The Kier molecular flexibility index (Phi) is 6.99. The van der Waals surface area contributed by atoms with Crippen molar-refractivity contribution >= 4 is 23.7 Å². The van der Waals surface area contributed by atoms with E-state index in [-0.39, 0.29) is 18.2 Å². The number of hydrogen-bond donors (Lipinski definition) is 1. The number of amides is 2. The first-order valence-corrected chi connectivity index (χ1v) is 10.7. The molecule has 2 amide bonds. The van der Waals surface area contributed by atoms with E-state index < -0.39 is 5.92 Å². The van der Waals surface area contributed by atoms with Gasteiger partial charge in [0.1, 0.15) is 18.1 Å². The minimum absolute atomic E-state index is 0.0902. The van der Waals surface area contributed by atoms with Crippen LogP contribution in [0.1, 0.15) is 17.5 Å². The summed E-state index contributed by atoms with van der Waals surface area (Å²) < 4.78 is 11.0. The van der Waals surface area contributed by atoms with E-state index in [1.54, 1.807) is 30.4 Å². The molecule has 1 N–H and O–H groups in total. The molecule has 33 heavy (non-hydrogen) atoms. The van der Waals surface area contributed by atoms with Gasteiger partial charge in [-0.05, 0) is 47.5 Å². The van der Waals surface area contributed by atoms with Crippen molar-refractivity contribution in [2.45, 2.75) is 13.0 Å². The molecule has 1 saturated heterocycles. The summed E-state index contributed by atoms with van der Waals surface area (Å²) in [7, 11) is 1.59. The molecular formula is C26H25N3O4. The number of hydrazone groups is 1. The van der Waals surface area contributed by atoms with Crippen LogP contribution in [0.5, 0.6) is 11.5 Å². The van der Waals surface area contributed by atoms with E-state index in [9.17, 15) is 9.59 Å². The standard InChI is InChI=1S/C26H25N3O4/c1-32-23-12-10-22(11-13-23)29-17-21(15-25(29)30)26(31)28-27-16-20-8-5-9-24(14-20)33-18-19-6-3-2-4-7-19/h2-14,16,21H,15,17-18H2,1H3,(H,28,31)/b27-16+/t21-/m1/s1. The first kappa shape index (κ1) is 22.1. The zero-order chi connectivity index (χ0) is 23.0. The topological polar surface area (TPSA) is 80.2 Å². The van der Waals surface area contributed by atoms with E-state index in [0.29, 0.717) is 24.7 Å². The van der Waals surface area contributed by atoms with Crippen LogP contribution in [0.15, 0.2) is 84.0 Å². The molecular weight excluding hydrogens is 418 g/mol. The second-order valence-electron chi connectivity index (χ2n) is 7.68. The van der Waals surface area contributed by atoms with Gasteiger partial charge in [-0.25, -0.2) is 5.43 Å². The molecule has 7 nitrogen and oxygen atoms in total. The van der Waals surface area contributed by atoms with E-state index in [1.165, 1.54) is 0 Å². The first-order chi connectivity index (χ1) is 16.1. The van der Waals surface area contributed by atoms with Crippen LogP contribution in [0, 0.1) is 5.92 Å². The van der Waals surface area contributed by atoms with Crippen LogP contribution in [0.4, 0.5) is 5.69 Å². The van der Waals surface area contributed by atoms with Crippen LogP contribution in [0.3, 0.4) is 0 Å². The number of anilines is 1. The molecule has 7 heteroatoms. The maximum atomic E-state index is 12.5. The molecule has 1 aliphatic rings. The molecule has 1 fully saturated rings. The highest BCUT2D eigenvalue weighted by Gasteiger charge is 2.35. The molecule has 0 bridgehead atoms. The van der Waals surface area contributed by atoms with E-state index in [1.807, 2.05) is 66.7 Å². The molecule has 0 unspecified atom stereocenters. The van der Waals surface area contributed by atoms with Crippen LogP contribution >= 0.6 is 0 Å². The van der Waals surface area contributed by atoms with Crippen molar-refractivity contribution in [2.75, 3.05) is 18.6 Å². The fourth-order valence-electron chi connectivity index (χ4n) is 3.58. The molecule has 1 heterocycles. The normalized spacial score (nSPS) is 15.6. The third-order valence-corrected chi connectivity index (χ3v) is 5.37. The maximum Gasteiger partial charge on any atom is 0.245 e. The first-order valence-electron chi connectivity index (χ1n) is 10.7. The number of carbonyl (C=O) groups excluding carboxylic acids is 2. The van der Waals surface area contributed by atoms with Crippen LogP contribution in [0.2, 0.25) is 0 Å². The number of hydrogen-bond acceptors (Lipinski definition) is 5. The third kappa shape index (κ3) is 5.77. The van der Waals surface area contributed by atoms with Gasteiger partial charge < -0.3 is 14.4 Å². The highest BCUT2D eigenvalue weighted by molar-refractivity contribution is 6.00. The maximum absolute atomic E-state index is 12.5. The molecule has 1 atom stereocenters. The van der Waals surface area contributed by atoms with E-state index >= 15 is 0 Å². The van der Waals surface area contributed by atoms with Gasteiger partial charge in [-0.1, -0.05) is 42.5 Å². The van der Waals surface area contributed by atoms with E-state index in [4.69, 9.17) is 9.47 Å². The van der Waals surface area contributed by atoms with Crippen molar-refractivity contribution in [3.05, 3.63) is 90.0 Å². The van der Waals surface area contributed by atoms with Crippen molar-refractivity contribution < 1.29 is 19.1 Å². The number of carbonyl (C=O) groups is 2. The average Bonchev–Trinajstić information content (AvgIpc) is 3.25. The van der Waals surface area contributed by atoms with Crippen molar-refractivity contribution in [3.8, 4) is 11.5 Å². The predicted molar refractivity (Wildman–Crippen MR) is 126 cm³/mol. The van der Waals surface area contributed by atoms with Gasteiger partial charge in [-0.3, -0.25) is 9.59 Å². The quantitative estimate of drug-likeness (QED) is 0.425. The smallest absolute Gasteiger partial charge is 0.245 e. The van der Waals surface area contributed by atoms with E-state index in [2.05, 4.69) is 10.5 Å².